The Hall–Kier alpha value is -4.46. The first-order valence-corrected chi connectivity index (χ1v) is 11.6. The molecule has 1 heterocycles. The predicted molar refractivity (Wildman–Crippen MR) is 136 cm³/mol. The van der Waals surface area contributed by atoms with E-state index in [4.69, 9.17) is 9.47 Å². The first kappa shape index (κ1) is 24.7. The van der Waals surface area contributed by atoms with Crippen molar-refractivity contribution in [2.75, 3.05) is 18.5 Å². The lowest BCUT2D eigenvalue weighted by Gasteiger charge is -2.19. The van der Waals surface area contributed by atoms with Gasteiger partial charge in [0.15, 0.2) is 11.5 Å². The molecule has 8 heteroatoms. The van der Waals surface area contributed by atoms with Gasteiger partial charge in [-0.25, -0.2) is 0 Å². The summed E-state index contributed by atoms with van der Waals surface area (Å²) in [6.07, 6.45) is -0.0642. The lowest BCUT2D eigenvalue weighted by Crippen LogP contribution is -2.36. The lowest BCUT2D eigenvalue weighted by molar-refractivity contribution is -0.144. The highest BCUT2D eigenvalue weighted by atomic mass is 16.6. The van der Waals surface area contributed by atoms with Crippen molar-refractivity contribution < 1.29 is 23.9 Å². The lowest BCUT2D eigenvalue weighted by atomic mass is 10.1. The molecule has 0 aliphatic carbocycles. The Labute approximate surface area is 209 Å². The molecule has 0 saturated carbocycles. The Bertz CT molecular complexity index is 1210. The Balaban J connectivity index is 1.46. The fourth-order valence-electron chi connectivity index (χ4n) is 3.71. The topological polar surface area (TPSA) is 97.3 Å². The van der Waals surface area contributed by atoms with Gasteiger partial charge in [0.25, 0.3) is 11.8 Å². The van der Waals surface area contributed by atoms with Crippen LogP contribution in [-0.4, -0.2) is 41.7 Å². The van der Waals surface area contributed by atoms with Crippen molar-refractivity contribution in [2.24, 2.45) is 5.10 Å². The summed E-state index contributed by atoms with van der Waals surface area (Å²) in [5.74, 6) is -0.0727. The third-order valence-corrected chi connectivity index (χ3v) is 5.38. The summed E-state index contributed by atoms with van der Waals surface area (Å²) in [5.41, 5.74) is 2.41. The minimum absolute atomic E-state index is 0.0154. The molecule has 0 bridgehead atoms. The van der Waals surface area contributed by atoms with Gasteiger partial charge < -0.3 is 14.8 Å². The van der Waals surface area contributed by atoms with E-state index in [-0.39, 0.29) is 25.2 Å². The van der Waals surface area contributed by atoms with Crippen LogP contribution in [0.15, 0.2) is 84.0 Å². The van der Waals surface area contributed by atoms with Crippen molar-refractivity contribution >= 4 is 29.1 Å². The number of ether oxygens (including phenoxy) is 2. The molecule has 184 valence electrons. The van der Waals surface area contributed by atoms with Crippen LogP contribution in [-0.2, 0) is 27.2 Å². The number of rotatable bonds is 8. The molecular formula is C28H27N3O5. The molecule has 1 aliphatic heterocycles. The van der Waals surface area contributed by atoms with Gasteiger partial charge in [0.2, 0.25) is 5.91 Å². The number of imide groups is 1. The van der Waals surface area contributed by atoms with Gasteiger partial charge in [-0.05, 0) is 30.2 Å². The normalized spacial score (nSPS) is 12.5. The number of amides is 3. The molecule has 1 N–H and O–H groups in total. The van der Waals surface area contributed by atoms with Crippen LogP contribution < -0.4 is 14.8 Å². The summed E-state index contributed by atoms with van der Waals surface area (Å²) in [6.45, 7) is 2.54. The Morgan fingerprint density at radius 1 is 0.806 bits per heavy atom. The van der Waals surface area contributed by atoms with E-state index in [2.05, 4.69) is 10.4 Å². The van der Waals surface area contributed by atoms with Crippen LogP contribution in [0.1, 0.15) is 24.5 Å². The van der Waals surface area contributed by atoms with Crippen LogP contribution in [0.2, 0.25) is 0 Å². The maximum absolute atomic E-state index is 13.1. The van der Waals surface area contributed by atoms with Crippen molar-refractivity contribution in [1.82, 2.24) is 5.01 Å². The molecule has 0 spiro atoms. The molecule has 0 saturated heterocycles. The van der Waals surface area contributed by atoms with E-state index < -0.39 is 11.8 Å². The number of anilines is 1. The summed E-state index contributed by atoms with van der Waals surface area (Å²) in [6, 6.07) is 23.4. The highest BCUT2D eigenvalue weighted by Crippen LogP contribution is 2.32. The van der Waals surface area contributed by atoms with Crippen LogP contribution >= 0.6 is 0 Å². The zero-order valence-corrected chi connectivity index (χ0v) is 20.0. The molecule has 0 fully saturated rings. The molecule has 0 unspecified atom stereocenters. The zero-order valence-electron chi connectivity index (χ0n) is 20.0. The van der Waals surface area contributed by atoms with Crippen molar-refractivity contribution in [2.45, 2.75) is 26.2 Å². The van der Waals surface area contributed by atoms with E-state index in [1.54, 1.807) is 25.1 Å². The number of nitrogens with zero attached hydrogens (tertiary/aromatic N) is 2. The van der Waals surface area contributed by atoms with Crippen LogP contribution in [0.4, 0.5) is 5.69 Å². The molecular weight excluding hydrogens is 458 g/mol. The largest absolute Gasteiger partial charge is 0.486 e. The van der Waals surface area contributed by atoms with Crippen LogP contribution in [0.25, 0.3) is 0 Å². The molecule has 8 nitrogen and oxygen atoms in total. The van der Waals surface area contributed by atoms with E-state index >= 15 is 0 Å². The molecule has 0 radical (unpaired) electrons. The second-order valence-electron chi connectivity index (χ2n) is 8.34. The molecule has 0 aromatic heterocycles. The molecule has 1 aliphatic rings. The summed E-state index contributed by atoms with van der Waals surface area (Å²) in [4.78, 5) is 38.8. The summed E-state index contributed by atoms with van der Waals surface area (Å²) >= 11 is 0. The van der Waals surface area contributed by atoms with E-state index in [1.807, 2.05) is 60.7 Å². The van der Waals surface area contributed by atoms with Gasteiger partial charge >= 0.3 is 0 Å². The summed E-state index contributed by atoms with van der Waals surface area (Å²) in [7, 11) is 0. The van der Waals surface area contributed by atoms with Gasteiger partial charge in [-0.1, -0.05) is 60.7 Å². The molecule has 4 rings (SSSR count). The standard InChI is InChI=1S/C28H27N3O5/c1-20(16-26(32)29-23-12-13-24-25(19-23)36-15-14-35-24)30-31(27(33)17-21-8-4-2-5-9-21)28(34)18-22-10-6-3-7-11-22/h2-13,19H,14-18H2,1H3,(H,29,32)/b30-20+. The van der Waals surface area contributed by atoms with Gasteiger partial charge in [-0.2, -0.15) is 10.1 Å². The highest BCUT2D eigenvalue weighted by molar-refractivity contribution is 6.07. The van der Waals surface area contributed by atoms with E-state index in [0.717, 1.165) is 16.1 Å². The summed E-state index contributed by atoms with van der Waals surface area (Å²) < 4.78 is 11.0. The fourth-order valence-corrected chi connectivity index (χ4v) is 3.71. The molecule has 0 atom stereocenters. The predicted octanol–water partition coefficient (Wildman–Crippen LogP) is 4.00. The third kappa shape index (κ3) is 6.79. The Kier molecular flexibility index (Phi) is 8.08. The third-order valence-electron chi connectivity index (χ3n) is 5.38. The average Bonchev–Trinajstić information content (AvgIpc) is 2.88. The van der Waals surface area contributed by atoms with Crippen molar-refractivity contribution in [1.29, 1.82) is 0 Å². The number of hydrogen-bond acceptors (Lipinski definition) is 6. The smallest absolute Gasteiger partial charge is 0.254 e. The highest BCUT2D eigenvalue weighted by Gasteiger charge is 2.22. The van der Waals surface area contributed by atoms with Crippen molar-refractivity contribution in [3.05, 3.63) is 90.0 Å². The molecule has 3 aromatic rings. The number of carbonyl (C=O) groups is 3. The van der Waals surface area contributed by atoms with Crippen LogP contribution in [0, 0.1) is 0 Å². The second kappa shape index (κ2) is 11.8. The number of hydrazone groups is 1. The van der Waals surface area contributed by atoms with Crippen LogP contribution in [0.3, 0.4) is 0 Å². The monoisotopic (exact) mass is 485 g/mol. The van der Waals surface area contributed by atoms with E-state index in [9.17, 15) is 14.4 Å². The number of carbonyl (C=O) groups excluding carboxylic acids is 3. The van der Waals surface area contributed by atoms with Gasteiger partial charge in [0.1, 0.15) is 13.2 Å². The minimum atomic E-state index is -0.464. The first-order valence-electron chi connectivity index (χ1n) is 11.6. The number of hydrogen-bond donors (Lipinski definition) is 1. The van der Waals surface area contributed by atoms with E-state index in [0.29, 0.717) is 36.1 Å². The quantitative estimate of drug-likeness (QED) is 0.384. The second-order valence-corrected chi connectivity index (χ2v) is 8.34. The van der Waals surface area contributed by atoms with Gasteiger partial charge in [-0.3, -0.25) is 14.4 Å². The maximum atomic E-state index is 13.1. The van der Waals surface area contributed by atoms with E-state index in [1.165, 1.54) is 0 Å². The van der Waals surface area contributed by atoms with Crippen molar-refractivity contribution in [3.63, 3.8) is 0 Å². The zero-order chi connectivity index (χ0) is 25.3. The van der Waals surface area contributed by atoms with Crippen LogP contribution in [0.5, 0.6) is 11.5 Å². The minimum Gasteiger partial charge on any atom is -0.486 e. The summed E-state index contributed by atoms with van der Waals surface area (Å²) in [5, 5.41) is 7.94. The molecule has 36 heavy (non-hydrogen) atoms. The van der Waals surface area contributed by atoms with Crippen molar-refractivity contribution in [3.8, 4) is 11.5 Å². The fraction of sp³-hybridized carbons (Fsp3) is 0.214. The Morgan fingerprint density at radius 2 is 1.36 bits per heavy atom. The molecule has 3 amide bonds. The number of nitrogens with one attached hydrogen (secondary N) is 1. The van der Waals surface area contributed by atoms with Gasteiger partial charge in [-0.15, -0.1) is 0 Å². The molecule has 3 aromatic carbocycles. The maximum Gasteiger partial charge on any atom is 0.254 e. The van der Waals surface area contributed by atoms with Gasteiger partial charge in [0.05, 0.1) is 19.3 Å². The average molecular weight is 486 g/mol. The van der Waals surface area contributed by atoms with Gasteiger partial charge in [0, 0.05) is 17.5 Å². The number of fused-ring (bicyclic) bond motifs is 1. The SMILES string of the molecule is C/C(CC(=O)Nc1ccc2c(c1)OCCO2)=N\N(C(=O)Cc1ccccc1)C(=O)Cc1ccccc1. The Morgan fingerprint density at radius 3 is 1.94 bits per heavy atom. The number of benzene rings is 3. The first-order chi connectivity index (χ1) is 17.5.